The Hall–Kier alpha value is -1.06. The topological polar surface area (TPSA) is 64.1 Å². The first-order valence-electron chi connectivity index (χ1n) is 8.61. The lowest BCUT2D eigenvalue weighted by molar-refractivity contribution is 0.0191. The summed E-state index contributed by atoms with van der Waals surface area (Å²) < 4.78 is 16.8. The number of hydrogen-bond acceptors (Lipinski definition) is 4. The average Bonchev–Trinajstić information content (AvgIpc) is 3.11. The lowest BCUT2D eigenvalue weighted by atomic mass is 10.2. The summed E-state index contributed by atoms with van der Waals surface area (Å²) in [5, 5.41) is 6.44. The van der Waals surface area contributed by atoms with Gasteiger partial charge in [0.2, 0.25) is 0 Å². The summed E-state index contributed by atoms with van der Waals surface area (Å²) in [5.41, 5.74) is 1.23. The summed E-state index contributed by atoms with van der Waals surface area (Å²) in [7, 11) is 1.75. The number of rotatable bonds is 9. The predicted molar refractivity (Wildman–Crippen MR) is 111 cm³/mol. The third-order valence-electron chi connectivity index (χ3n) is 3.77. The molecule has 0 bridgehead atoms. The van der Waals surface area contributed by atoms with Gasteiger partial charge in [-0.1, -0.05) is 17.7 Å². The summed E-state index contributed by atoms with van der Waals surface area (Å²) in [6, 6.07) is 8.04. The van der Waals surface area contributed by atoms with Gasteiger partial charge in [0.25, 0.3) is 0 Å². The zero-order valence-electron chi connectivity index (χ0n) is 15.1. The molecule has 25 heavy (non-hydrogen) atoms. The van der Waals surface area contributed by atoms with E-state index in [9.17, 15) is 0 Å². The molecule has 1 heterocycles. The summed E-state index contributed by atoms with van der Waals surface area (Å²) in [5.74, 6) is 1.64. The lowest BCUT2D eigenvalue weighted by Gasteiger charge is -2.14. The van der Waals surface area contributed by atoms with Crippen molar-refractivity contribution < 1.29 is 14.2 Å². The Morgan fingerprint density at radius 3 is 2.56 bits per heavy atom. The van der Waals surface area contributed by atoms with E-state index in [2.05, 4.69) is 22.5 Å². The quantitative estimate of drug-likeness (QED) is 0.255. The number of nitrogens with zero attached hydrogens (tertiary/aromatic N) is 1. The third-order valence-corrected chi connectivity index (χ3v) is 3.77. The van der Waals surface area contributed by atoms with Crippen molar-refractivity contribution >= 4 is 29.9 Å². The molecule has 2 rings (SSSR count). The summed E-state index contributed by atoms with van der Waals surface area (Å²) >= 11 is 0. The monoisotopic (exact) mass is 463 g/mol. The molecule has 1 atom stereocenters. The fourth-order valence-corrected chi connectivity index (χ4v) is 2.43. The van der Waals surface area contributed by atoms with Crippen LogP contribution in [0.25, 0.3) is 0 Å². The van der Waals surface area contributed by atoms with Crippen LogP contribution in [0.2, 0.25) is 0 Å². The molecule has 1 unspecified atom stereocenters. The van der Waals surface area contributed by atoms with Crippen LogP contribution in [-0.4, -0.2) is 58.6 Å². The van der Waals surface area contributed by atoms with E-state index in [4.69, 9.17) is 14.2 Å². The Bertz CT molecular complexity index is 491. The maximum absolute atomic E-state index is 5.67. The first kappa shape index (κ1) is 22.0. The molecule has 142 valence electrons. The summed E-state index contributed by atoms with van der Waals surface area (Å²) in [6.45, 7) is 6.23. The van der Waals surface area contributed by atoms with Crippen LogP contribution >= 0.6 is 24.0 Å². The van der Waals surface area contributed by atoms with Gasteiger partial charge in [-0.05, 0) is 31.9 Å². The van der Waals surface area contributed by atoms with Gasteiger partial charge in [0, 0.05) is 20.2 Å². The second-order valence-corrected chi connectivity index (χ2v) is 5.80. The van der Waals surface area contributed by atoms with Crippen molar-refractivity contribution in [1.29, 1.82) is 0 Å². The minimum Gasteiger partial charge on any atom is -0.492 e. The van der Waals surface area contributed by atoms with Crippen molar-refractivity contribution in [3.8, 4) is 5.75 Å². The van der Waals surface area contributed by atoms with E-state index in [1.165, 1.54) is 5.56 Å². The highest BCUT2D eigenvalue weighted by molar-refractivity contribution is 14.0. The molecule has 1 aromatic rings. The van der Waals surface area contributed by atoms with Crippen molar-refractivity contribution in [2.24, 2.45) is 4.99 Å². The molecule has 0 aromatic heterocycles. The number of aryl methyl sites for hydroxylation is 1. The van der Waals surface area contributed by atoms with Gasteiger partial charge in [-0.3, -0.25) is 4.99 Å². The first-order chi connectivity index (χ1) is 11.8. The lowest BCUT2D eigenvalue weighted by Crippen LogP contribution is -2.40. The molecule has 1 fully saturated rings. The minimum absolute atomic E-state index is 0. The SMILES string of the molecule is CN=C(NCCOCC1CCCO1)NCCOc1ccc(C)cc1.I. The van der Waals surface area contributed by atoms with Crippen molar-refractivity contribution in [2.45, 2.75) is 25.9 Å². The zero-order chi connectivity index (χ0) is 17.0. The van der Waals surface area contributed by atoms with Crippen molar-refractivity contribution in [1.82, 2.24) is 10.6 Å². The van der Waals surface area contributed by atoms with Gasteiger partial charge in [-0.2, -0.15) is 0 Å². The van der Waals surface area contributed by atoms with Gasteiger partial charge in [0.05, 0.1) is 25.9 Å². The molecule has 0 radical (unpaired) electrons. The molecule has 0 amide bonds. The van der Waals surface area contributed by atoms with E-state index in [0.29, 0.717) is 32.9 Å². The Labute approximate surface area is 167 Å². The van der Waals surface area contributed by atoms with E-state index >= 15 is 0 Å². The number of halogens is 1. The molecule has 2 N–H and O–H groups in total. The predicted octanol–water partition coefficient (Wildman–Crippen LogP) is 2.35. The van der Waals surface area contributed by atoms with E-state index in [-0.39, 0.29) is 30.1 Å². The normalized spacial score (nSPS) is 17.0. The van der Waals surface area contributed by atoms with Crippen LogP contribution in [0.3, 0.4) is 0 Å². The molecule has 0 saturated carbocycles. The smallest absolute Gasteiger partial charge is 0.191 e. The van der Waals surface area contributed by atoms with Crippen LogP contribution in [0.1, 0.15) is 18.4 Å². The number of benzene rings is 1. The van der Waals surface area contributed by atoms with Gasteiger partial charge in [0.15, 0.2) is 5.96 Å². The zero-order valence-corrected chi connectivity index (χ0v) is 17.5. The number of nitrogens with one attached hydrogen (secondary N) is 2. The van der Waals surface area contributed by atoms with E-state index < -0.39 is 0 Å². The van der Waals surface area contributed by atoms with Crippen LogP contribution < -0.4 is 15.4 Å². The number of hydrogen-bond donors (Lipinski definition) is 2. The van der Waals surface area contributed by atoms with Crippen LogP contribution in [0.5, 0.6) is 5.75 Å². The second kappa shape index (κ2) is 13.2. The molecule has 1 saturated heterocycles. The first-order valence-corrected chi connectivity index (χ1v) is 8.61. The molecule has 1 aliphatic rings. The highest BCUT2D eigenvalue weighted by Crippen LogP contribution is 2.12. The highest BCUT2D eigenvalue weighted by atomic mass is 127. The minimum atomic E-state index is 0. The van der Waals surface area contributed by atoms with Gasteiger partial charge in [-0.15, -0.1) is 24.0 Å². The highest BCUT2D eigenvalue weighted by Gasteiger charge is 2.14. The Morgan fingerprint density at radius 2 is 1.92 bits per heavy atom. The maximum atomic E-state index is 5.67. The molecule has 6 nitrogen and oxygen atoms in total. The summed E-state index contributed by atoms with van der Waals surface area (Å²) in [4.78, 5) is 4.18. The van der Waals surface area contributed by atoms with E-state index in [1.54, 1.807) is 7.05 Å². The van der Waals surface area contributed by atoms with Crippen LogP contribution in [0.15, 0.2) is 29.3 Å². The Balaban J connectivity index is 0.00000312. The van der Waals surface area contributed by atoms with Crippen LogP contribution in [0, 0.1) is 6.92 Å². The standard InChI is InChI=1S/C18H29N3O3.HI/c1-15-5-7-16(8-6-15)24-13-10-21-18(19-2)20-9-12-22-14-17-4-3-11-23-17;/h5-8,17H,3-4,9-14H2,1-2H3,(H2,19,20,21);1H. The Morgan fingerprint density at radius 1 is 1.20 bits per heavy atom. The van der Waals surface area contributed by atoms with E-state index in [1.807, 2.05) is 24.3 Å². The number of ether oxygens (including phenoxy) is 3. The van der Waals surface area contributed by atoms with Gasteiger partial charge in [0.1, 0.15) is 12.4 Å². The molecular weight excluding hydrogens is 433 g/mol. The largest absolute Gasteiger partial charge is 0.492 e. The van der Waals surface area contributed by atoms with E-state index in [0.717, 1.165) is 31.2 Å². The van der Waals surface area contributed by atoms with Crippen molar-refractivity contribution in [3.63, 3.8) is 0 Å². The number of guanidine groups is 1. The third kappa shape index (κ3) is 9.27. The van der Waals surface area contributed by atoms with Gasteiger partial charge < -0.3 is 24.8 Å². The van der Waals surface area contributed by atoms with Crippen molar-refractivity contribution in [2.75, 3.05) is 46.6 Å². The van der Waals surface area contributed by atoms with Crippen molar-refractivity contribution in [3.05, 3.63) is 29.8 Å². The Kier molecular flexibility index (Phi) is 11.6. The van der Waals surface area contributed by atoms with Gasteiger partial charge in [-0.25, -0.2) is 0 Å². The molecular formula is C18H30IN3O3. The van der Waals surface area contributed by atoms with Gasteiger partial charge >= 0.3 is 0 Å². The van der Waals surface area contributed by atoms with Crippen LogP contribution in [-0.2, 0) is 9.47 Å². The van der Waals surface area contributed by atoms with Crippen LogP contribution in [0.4, 0.5) is 0 Å². The second-order valence-electron chi connectivity index (χ2n) is 5.80. The molecule has 7 heteroatoms. The molecule has 0 aliphatic carbocycles. The molecule has 0 spiro atoms. The number of aliphatic imine (C=N–C) groups is 1. The average molecular weight is 463 g/mol. The molecule has 1 aromatic carbocycles. The molecule has 1 aliphatic heterocycles. The fourth-order valence-electron chi connectivity index (χ4n) is 2.43. The maximum Gasteiger partial charge on any atom is 0.191 e. The summed E-state index contributed by atoms with van der Waals surface area (Å²) in [6.07, 6.45) is 2.53. The fraction of sp³-hybridized carbons (Fsp3) is 0.611.